The molecule has 1 N–H and O–H groups in total. The minimum Gasteiger partial charge on any atom is -0.394 e. The SMILES string of the molecule is Cc1cc(Br)ccc1C(=O)N1CCCCCC1CO. The average Bonchev–Trinajstić information content (AvgIpc) is 2.63. The van der Waals surface area contributed by atoms with Gasteiger partial charge in [0.25, 0.3) is 5.91 Å². The van der Waals surface area contributed by atoms with E-state index < -0.39 is 0 Å². The fraction of sp³-hybridized carbons (Fsp3) is 0.533. The second kappa shape index (κ2) is 6.53. The van der Waals surface area contributed by atoms with E-state index in [9.17, 15) is 9.90 Å². The van der Waals surface area contributed by atoms with Gasteiger partial charge in [0.1, 0.15) is 0 Å². The van der Waals surface area contributed by atoms with E-state index in [1.807, 2.05) is 30.0 Å². The highest BCUT2D eigenvalue weighted by atomic mass is 79.9. The average molecular weight is 326 g/mol. The highest BCUT2D eigenvalue weighted by Gasteiger charge is 2.26. The summed E-state index contributed by atoms with van der Waals surface area (Å²) in [7, 11) is 0. The lowest BCUT2D eigenvalue weighted by atomic mass is 10.1. The molecular weight excluding hydrogens is 306 g/mol. The summed E-state index contributed by atoms with van der Waals surface area (Å²) in [5, 5.41) is 9.49. The van der Waals surface area contributed by atoms with Crippen LogP contribution in [-0.2, 0) is 0 Å². The number of hydrogen-bond donors (Lipinski definition) is 1. The Morgan fingerprint density at radius 1 is 1.42 bits per heavy atom. The highest BCUT2D eigenvalue weighted by molar-refractivity contribution is 9.10. The number of carbonyl (C=O) groups excluding carboxylic acids is 1. The molecule has 1 heterocycles. The predicted octanol–water partition coefficient (Wildman–Crippen LogP) is 3.13. The number of carbonyl (C=O) groups is 1. The van der Waals surface area contributed by atoms with Crippen LogP contribution in [0.4, 0.5) is 0 Å². The fourth-order valence-electron chi connectivity index (χ4n) is 2.66. The van der Waals surface area contributed by atoms with Crippen molar-refractivity contribution in [2.75, 3.05) is 13.2 Å². The molecule has 1 atom stereocenters. The number of nitrogens with zero attached hydrogens (tertiary/aromatic N) is 1. The smallest absolute Gasteiger partial charge is 0.254 e. The van der Waals surface area contributed by atoms with Gasteiger partial charge in [0.05, 0.1) is 12.6 Å². The van der Waals surface area contributed by atoms with Crippen molar-refractivity contribution in [2.24, 2.45) is 0 Å². The largest absolute Gasteiger partial charge is 0.394 e. The Balaban J connectivity index is 2.25. The second-order valence-corrected chi connectivity index (χ2v) is 6.06. The molecule has 1 aromatic rings. The number of aliphatic hydroxyl groups excluding tert-OH is 1. The minimum atomic E-state index is -0.0296. The second-order valence-electron chi connectivity index (χ2n) is 5.14. The first-order valence-electron chi connectivity index (χ1n) is 6.81. The number of aliphatic hydroxyl groups is 1. The number of aryl methyl sites for hydroxylation is 1. The van der Waals surface area contributed by atoms with Crippen molar-refractivity contribution in [1.82, 2.24) is 4.90 Å². The maximum Gasteiger partial charge on any atom is 0.254 e. The summed E-state index contributed by atoms with van der Waals surface area (Å²) in [6.45, 7) is 2.75. The standard InChI is InChI=1S/C15H20BrNO2/c1-11-9-12(16)6-7-14(11)15(19)17-8-4-2-3-5-13(17)10-18/h6-7,9,13,18H,2-5,8,10H2,1H3. The van der Waals surface area contributed by atoms with Gasteiger partial charge in [0.2, 0.25) is 0 Å². The van der Waals surface area contributed by atoms with Crippen molar-refractivity contribution in [2.45, 2.75) is 38.6 Å². The van der Waals surface area contributed by atoms with Crippen molar-refractivity contribution in [3.8, 4) is 0 Å². The molecule has 1 aliphatic heterocycles. The Kier molecular flexibility index (Phi) is 4.99. The van der Waals surface area contributed by atoms with Gasteiger partial charge in [-0.05, 0) is 43.5 Å². The van der Waals surface area contributed by atoms with Gasteiger partial charge in [-0.1, -0.05) is 28.8 Å². The van der Waals surface area contributed by atoms with E-state index in [0.717, 1.165) is 47.8 Å². The van der Waals surface area contributed by atoms with Gasteiger partial charge >= 0.3 is 0 Å². The number of hydrogen-bond acceptors (Lipinski definition) is 2. The summed E-state index contributed by atoms with van der Waals surface area (Å²) in [6.07, 6.45) is 4.16. The Hall–Kier alpha value is -0.870. The summed E-state index contributed by atoms with van der Waals surface area (Å²) in [6, 6.07) is 5.68. The van der Waals surface area contributed by atoms with Crippen LogP contribution >= 0.6 is 15.9 Å². The molecule has 0 aromatic heterocycles. The normalized spacial score (nSPS) is 20.2. The molecule has 1 aliphatic rings. The Labute approximate surface area is 122 Å². The van der Waals surface area contributed by atoms with Crippen molar-refractivity contribution in [3.05, 3.63) is 33.8 Å². The van der Waals surface area contributed by atoms with Crippen molar-refractivity contribution < 1.29 is 9.90 Å². The van der Waals surface area contributed by atoms with Crippen molar-refractivity contribution >= 4 is 21.8 Å². The van der Waals surface area contributed by atoms with Crippen LogP contribution in [0.15, 0.2) is 22.7 Å². The molecule has 19 heavy (non-hydrogen) atoms. The zero-order chi connectivity index (χ0) is 13.8. The molecule has 4 heteroatoms. The molecule has 1 unspecified atom stereocenters. The predicted molar refractivity (Wildman–Crippen MR) is 79.3 cm³/mol. The molecule has 0 spiro atoms. The number of rotatable bonds is 2. The third kappa shape index (κ3) is 3.37. The number of halogens is 1. The zero-order valence-corrected chi connectivity index (χ0v) is 12.8. The van der Waals surface area contributed by atoms with Crippen LogP contribution in [0.5, 0.6) is 0 Å². The molecule has 0 bridgehead atoms. The maximum absolute atomic E-state index is 12.7. The van der Waals surface area contributed by atoms with E-state index in [4.69, 9.17) is 0 Å². The van der Waals surface area contributed by atoms with Gasteiger partial charge < -0.3 is 10.0 Å². The van der Waals surface area contributed by atoms with Crippen LogP contribution in [0.25, 0.3) is 0 Å². The Morgan fingerprint density at radius 3 is 2.89 bits per heavy atom. The van der Waals surface area contributed by atoms with Gasteiger partial charge in [0.15, 0.2) is 0 Å². The third-order valence-electron chi connectivity index (χ3n) is 3.77. The van der Waals surface area contributed by atoms with Gasteiger partial charge in [-0.3, -0.25) is 4.79 Å². The molecular formula is C15H20BrNO2. The summed E-state index contributed by atoms with van der Waals surface area (Å²) >= 11 is 3.41. The zero-order valence-electron chi connectivity index (χ0n) is 11.2. The van der Waals surface area contributed by atoms with Crippen LogP contribution in [0.2, 0.25) is 0 Å². The van der Waals surface area contributed by atoms with Crippen LogP contribution in [0.3, 0.4) is 0 Å². The summed E-state index contributed by atoms with van der Waals surface area (Å²) in [5.74, 6) is 0.0472. The molecule has 3 nitrogen and oxygen atoms in total. The van der Waals surface area contributed by atoms with Crippen LogP contribution < -0.4 is 0 Å². The first-order valence-corrected chi connectivity index (χ1v) is 7.60. The molecule has 1 amide bonds. The van der Waals surface area contributed by atoms with E-state index in [0.29, 0.717) is 0 Å². The molecule has 104 valence electrons. The third-order valence-corrected chi connectivity index (χ3v) is 4.26. The number of amides is 1. The van der Waals surface area contributed by atoms with Crippen molar-refractivity contribution in [3.63, 3.8) is 0 Å². The molecule has 2 rings (SSSR count). The lowest BCUT2D eigenvalue weighted by Crippen LogP contribution is -2.42. The maximum atomic E-state index is 12.7. The Morgan fingerprint density at radius 2 is 2.21 bits per heavy atom. The van der Waals surface area contributed by atoms with Gasteiger partial charge in [-0.2, -0.15) is 0 Å². The topological polar surface area (TPSA) is 40.5 Å². The van der Waals surface area contributed by atoms with Gasteiger partial charge in [0, 0.05) is 16.6 Å². The van der Waals surface area contributed by atoms with Crippen LogP contribution in [0.1, 0.15) is 41.6 Å². The monoisotopic (exact) mass is 325 g/mol. The molecule has 0 aliphatic carbocycles. The molecule has 0 saturated carbocycles. The van der Waals surface area contributed by atoms with Crippen LogP contribution in [0, 0.1) is 6.92 Å². The molecule has 1 saturated heterocycles. The van der Waals surface area contributed by atoms with Gasteiger partial charge in [-0.15, -0.1) is 0 Å². The Bertz CT molecular complexity index is 461. The first kappa shape index (κ1) is 14.5. The quantitative estimate of drug-likeness (QED) is 0.907. The van der Waals surface area contributed by atoms with Gasteiger partial charge in [-0.25, -0.2) is 0 Å². The fourth-order valence-corrected chi connectivity index (χ4v) is 3.13. The van der Waals surface area contributed by atoms with Crippen molar-refractivity contribution in [1.29, 1.82) is 0 Å². The minimum absolute atomic E-state index is 0.0296. The van der Waals surface area contributed by atoms with E-state index in [1.165, 1.54) is 0 Å². The summed E-state index contributed by atoms with van der Waals surface area (Å²) in [5.41, 5.74) is 1.71. The molecule has 1 fully saturated rings. The number of benzene rings is 1. The first-order chi connectivity index (χ1) is 9.13. The van der Waals surface area contributed by atoms with E-state index in [-0.39, 0.29) is 18.6 Å². The lowest BCUT2D eigenvalue weighted by Gasteiger charge is -2.29. The van der Waals surface area contributed by atoms with E-state index in [2.05, 4.69) is 15.9 Å². The van der Waals surface area contributed by atoms with E-state index >= 15 is 0 Å². The van der Waals surface area contributed by atoms with E-state index in [1.54, 1.807) is 0 Å². The summed E-state index contributed by atoms with van der Waals surface area (Å²) < 4.78 is 0.983. The molecule has 0 radical (unpaired) electrons. The number of likely N-dealkylation sites (tertiary alicyclic amines) is 1. The lowest BCUT2D eigenvalue weighted by molar-refractivity contribution is 0.0599. The summed E-state index contributed by atoms with van der Waals surface area (Å²) in [4.78, 5) is 14.5. The van der Waals surface area contributed by atoms with Crippen LogP contribution in [-0.4, -0.2) is 35.1 Å². The molecule has 1 aromatic carbocycles. The highest BCUT2D eigenvalue weighted by Crippen LogP contribution is 2.22.